The Kier molecular flexibility index (Phi) is 5.50. The number of nitro groups is 1. The van der Waals surface area contributed by atoms with Crippen molar-refractivity contribution < 1.29 is 17.7 Å². The molecule has 0 aliphatic carbocycles. The molecule has 7 nitrogen and oxygen atoms in total. The van der Waals surface area contributed by atoms with Gasteiger partial charge in [-0.3, -0.25) is 10.1 Å². The zero-order valence-corrected chi connectivity index (χ0v) is 13.5. The van der Waals surface area contributed by atoms with E-state index in [0.29, 0.717) is 13.0 Å². The molecule has 0 saturated carbocycles. The first-order valence-corrected chi connectivity index (χ1v) is 7.78. The Bertz CT molecular complexity index is 685. The van der Waals surface area contributed by atoms with E-state index in [-0.39, 0.29) is 30.9 Å². The van der Waals surface area contributed by atoms with Gasteiger partial charge >= 0.3 is 5.69 Å². The number of sulfonamides is 1. The number of nitrogens with two attached hydrogens (primary N) is 1. The largest absolute Gasteiger partial charge is 0.330 e. The molecule has 1 heterocycles. The summed E-state index contributed by atoms with van der Waals surface area (Å²) in [5.74, 6) is -1.16. The average Bonchev–Trinajstić information content (AvgIpc) is 2.82. The number of nitro benzene ring substituents is 1. The predicted octanol–water partition coefficient (Wildman–Crippen LogP) is 1.52. The van der Waals surface area contributed by atoms with Gasteiger partial charge in [0.15, 0.2) is 4.90 Å². The van der Waals surface area contributed by atoms with E-state index in [1.807, 2.05) is 6.92 Å². The molecule has 1 aromatic carbocycles. The van der Waals surface area contributed by atoms with Crippen LogP contribution in [0.15, 0.2) is 23.1 Å². The summed E-state index contributed by atoms with van der Waals surface area (Å²) in [6, 6.07) is 3.06. The zero-order chi connectivity index (χ0) is 15.8. The molecule has 22 heavy (non-hydrogen) atoms. The molecule has 1 saturated heterocycles. The van der Waals surface area contributed by atoms with Crippen LogP contribution in [-0.4, -0.2) is 37.3 Å². The third-order valence-corrected chi connectivity index (χ3v) is 5.64. The summed E-state index contributed by atoms with van der Waals surface area (Å²) in [7, 11) is -4.12. The lowest BCUT2D eigenvalue weighted by Gasteiger charge is -2.22. The van der Waals surface area contributed by atoms with Crippen molar-refractivity contribution in [1.29, 1.82) is 0 Å². The van der Waals surface area contributed by atoms with Crippen molar-refractivity contribution in [2.24, 2.45) is 11.1 Å². The van der Waals surface area contributed by atoms with Gasteiger partial charge in [0, 0.05) is 13.1 Å². The molecule has 0 radical (unpaired) electrons. The van der Waals surface area contributed by atoms with Gasteiger partial charge in [-0.05, 0) is 30.5 Å². The maximum Gasteiger partial charge on any atom is 0.324 e. The highest BCUT2D eigenvalue weighted by atomic mass is 35.5. The summed E-state index contributed by atoms with van der Waals surface area (Å²) in [5.41, 5.74) is 4.24. The van der Waals surface area contributed by atoms with Crippen LogP contribution in [0, 0.1) is 21.3 Å². The highest BCUT2D eigenvalue weighted by Crippen LogP contribution is 2.35. The van der Waals surface area contributed by atoms with E-state index < -0.39 is 31.3 Å². The Morgan fingerprint density at radius 1 is 1.50 bits per heavy atom. The summed E-state index contributed by atoms with van der Waals surface area (Å²) in [4.78, 5) is 9.32. The Labute approximate surface area is 133 Å². The smallest absolute Gasteiger partial charge is 0.324 e. The molecular weight excluding hydrogens is 337 g/mol. The molecule has 0 spiro atoms. The monoisotopic (exact) mass is 353 g/mol. The van der Waals surface area contributed by atoms with Crippen molar-refractivity contribution in [3.05, 3.63) is 34.1 Å². The van der Waals surface area contributed by atoms with Gasteiger partial charge in [0.2, 0.25) is 15.8 Å². The summed E-state index contributed by atoms with van der Waals surface area (Å²) in [5, 5.41) is 11.0. The van der Waals surface area contributed by atoms with Crippen molar-refractivity contribution in [1.82, 2.24) is 4.31 Å². The summed E-state index contributed by atoms with van der Waals surface area (Å²) >= 11 is 0. The first kappa shape index (κ1) is 18.8. The molecule has 1 atom stereocenters. The van der Waals surface area contributed by atoms with Crippen LogP contribution in [0.3, 0.4) is 0 Å². The maximum absolute atomic E-state index is 13.6. The molecule has 2 N–H and O–H groups in total. The second kappa shape index (κ2) is 6.45. The molecular formula is C12H17ClFN3O4S. The normalized spacial score (nSPS) is 22.3. The van der Waals surface area contributed by atoms with Crippen LogP contribution in [-0.2, 0) is 10.0 Å². The van der Waals surface area contributed by atoms with Gasteiger partial charge in [-0.1, -0.05) is 13.0 Å². The fraction of sp³-hybridized carbons (Fsp3) is 0.500. The van der Waals surface area contributed by atoms with Crippen molar-refractivity contribution in [3.8, 4) is 0 Å². The van der Waals surface area contributed by atoms with Gasteiger partial charge in [-0.2, -0.15) is 8.70 Å². The lowest BCUT2D eigenvalue weighted by Crippen LogP contribution is -2.34. The van der Waals surface area contributed by atoms with Crippen LogP contribution < -0.4 is 5.73 Å². The van der Waals surface area contributed by atoms with Crippen molar-refractivity contribution in [2.45, 2.75) is 18.2 Å². The van der Waals surface area contributed by atoms with E-state index in [1.54, 1.807) is 0 Å². The molecule has 10 heteroatoms. The fourth-order valence-electron chi connectivity index (χ4n) is 2.37. The minimum absolute atomic E-state index is 0. The number of benzene rings is 1. The SMILES string of the molecule is CC1(CN)CCN(S(=O)(=O)c2cccc(F)c2[N+](=O)[O-])C1.Cl. The van der Waals surface area contributed by atoms with Gasteiger partial charge in [0.1, 0.15) is 0 Å². The first-order chi connectivity index (χ1) is 9.71. The third kappa shape index (κ3) is 3.22. The minimum atomic E-state index is -4.12. The topological polar surface area (TPSA) is 107 Å². The summed E-state index contributed by atoms with van der Waals surface area (Å²) < 4.78 is 39.8. The Morgan fingerprint density at radius 2 is 2.14 bits per heavy atom. The van der Waals surface area contributed by atoms with Crippen LogP contribution in [0.4, 0.5) is 10.1 Å². The predicted molar refractivity (Wildman–Crippen MR) is 80.8 cm³/mol. The minimum Gasteiger partial charge on any atom is -0.330 e. The van der Waals surface area contributed by atoms with Crippen LogP contribution in [0.25, 0.3) is 0 Å². The van der Waals surface area contributed by atoms with Crippen LogP contribution >= 0.6 is 12.4 Å². The van der Waals surface area contributed by atoms with E-state index in [1.165, 1.54) is 0 Å². The van der Waals surface area contributed by atoms with E-state index in [4.69, 9.17) is 5.73 Å². The Balaban J connectivity index is 0.00000242. The molecule has 1 aliphatic rings. The first-order valence-electron chi connectivity index (χ1n) is 6.34. The molecule has 1 aliphatic heterocycles. The van der Waals surface area contributed by atoms with Gasteiger partial charge < -0.3 is 5.73 Å². The molecule has 0 bridgehead atoms. The lowest BCUT2D eigenvalue weighted by molar-refractivity contribution is -0.390. The number of halogens is 2. The van der Waals surface area contributed by atoms with E-state index >= 15 is 0 Å². The summed E-state index contributed by atoms with van der Waals surface area (Å²) in [6.07, 6.45) is 0.561. The number of hydrogen-bond acceptors (Lipinski definition) is 5. The van der Waals surface area contributed by atoms with Gasteiger partial charge in [-0.15, -0.1) is 12.4 Å². The molecule has 1 aromatic rings. The third-order valence-electron chi connectivity index (χ3n) is 3.77. The highest BCUT2D eigenvalue weighted by molar-refractivity contribution is 7.89. The van der Waals surface area contributed by atoms with Crippen LogP contribution in [0.5, 0.6) is 0 Å². The van der Waals surface area contributed by atoms with Gasteiger partial charge in [0.25, 0.3) is 0 Å². The Morgan fingerprint density at radius 3 is 2.64 bits per heavy atom. The number of para-hydroxylation sites is 1. The average molecular weight is 354 g/mol. The van der Waals surface area contributed by atoms with Gasteiger partial charge in [-0.25, -0.2) is 8.42 Å². The van der Waals surface area contributed by atoms with E-state index in [9.17, 15) is 22.9 Å². The Hall–Kier alpha value is -1.29. The van der Waals surface area contributed by atoms with Crippen LogP contribution in [0.1, 0.15) is 13.3 Å². The molecule has 1 fully saturated rings. The highest BCUT2D eigenvalue weighted by Gasteiger charge is 2.41. The molecule has 124 valence electrons. The molecule has 1 unspecified atom stereocenters. The second-order valence-electron chi connectivity index (χ2n) is 5.45. The molecule has 0 amide bonds. The van der Waals surface area contributed by atoms with Crippen molar-refractivity contribution in [3.63, 3.8) is 0 Å². The van der Waals surface area contributed by atoms with Crippen molar-refractivity contribution in [2.75, 3.05) is 19.6 Å². The van der Waals surface area contributed by atoms with Gasteiger partial charge in [0.05, 0.1) is 4.92 Å². The molecule has 0 aromatic heterocycles. The number of rotatable bonds is 4. The zero-order valence-electron chi connectivity index (χ0n) is 11.9. The quantitative estimate of drug-likeness (QED) is 0.652. The fourth-order valence-corrected chi connectivity index (χ4v) is 4.13. The van der Waals surface area contributed by atoms with Crippen LogP contribution in [0.2, 0.25) is 0 Å². The second-order valence-corrected chi connectivity index (χ2v) is 7.35. The number of hydrogen-bond donors (Lipinski definition) is 1. The van der Waals surface area contributed by atoms with E-state index in [0.717, 1.165) is 22.5 Å². The van der Waals surface area contributed by atoms with E-state index in [2.05, 4.69) is 0 Å². The molecule has 2 rings (SSSR count). The standard InChI is InChI=1S/C12H16FN3O4S.ClH/c1-12(7-14)5-6-15(8-12)21(19,20)10-4-2-3-9(13)11(10)16(17)18;/h2-4H,5-8,14H2,1H3;1H. The summed E-state index contributed by atoms with van der Waals surface area (Å²) in [6.45, 7) is 2.54. The van der Waals surface area contributed by atoms with Crippen molar-refractivity contribution >= 4 is 28.1 Å². The lowest BCUT2D eigenvalue weighted by atomic mass is 9.90. The number of nitrogens with zero attached hydrogens (tertiary/aromatic N) is 2. The maximum atomic E-state index is 13.6.